The largest absolute Gasteiger partial charge is 0.478 e. The number of aromatic carboxylic acids is 1. The van der Waals surface area contributed by atoms with Gasteiger partial charge in [-0.05, 0) is 62.0 Å². The van der Waals surface area contributed by atoms with Crippen molar-refractivity contribution >= 4 is 5.97 Å². The van der Waals surface area contributed by atoms with Gasteiger partial charge in [-0.15, -0.1) is 0 Å². The fourth-order valence-electron chi connectivity index (χ4n) is 2.60. The Hall–Kier alpha value is -1.42. The van der Waals surface area contributed by atoms with Crippen molar-refractivity contribution in [2.24, 2.45) is 5.92 Å². The molecule has 1 atom stereocenters. The van der Waals surface area contributed by atoms with Crippen LogP contribution in [0.3, 0.4) is 0 Å². The minimum absolute atomic E-state index is 0.0261. The summed E-state index contributed by atoms with van der Waals surface area (Å²) in [5, 5.41) is 8.94. The van der Waals surface area contributed by atoms with Gasteiger partial charge < -0.3 is 5.11 Å². The highest BCUT2D eigenvalue weighted by molar-refractivity contribution is 5.87. The molecule has 1 saturated heterocycles. The molecule has 0 saturated carbocycles. The zero-order valence-corrected chi connectivity index (χ0v) is 11.2. The lowest BCUT2D eigenvalue weighted by atomic mass is 10.0. The number of benzene rings is 1. The molecule has 2 rings (SSSR count). The number of hydrogen-bond acceptors (Lipinski definition) is 2. The monoisotopic (exact) mass is 265 g/mol. The second kappa shape index (κ2) is 6.15. The number of hydrogen-bond donors (Lipinski definition) is 1. The molecule has 1 aliphatic heterocycles. The maximum Gasteiger partial charge on any atom is 0.335 e. The number of nitrogens with zero attached hydrogens (tertiary/aromatic N) is 1. The van der Waals surface area contributed by atoms with Crippen molar-refractivity contribution in [1.82, 2.24) is 4.90 Å². The lowest BCUT2D eigenvalue weighted by Gasteiger charge is -2.20. The Morgan fingerprint density at radius 2 is 2.16 bits per heavy atom. The van der Waals surface area contributed by atoms with Crippen LogP contribution in [0.2, 0.25) is 0 Å². The Bertz CT molecular complexity index is 461. The fraction of sp³-hybridized carbons (Fsp3) is 0.533. The molecule has 4 heteroatoms. The first-order chi connectivity index (χ1) is 9.04. The summed E-state index contributed by atoms with van der Waals surface area (Å²) in [7, 11) is 0. The highest BCUT2D eigenvalue weighted by atomic mass is 19.1. The van der Waals surface area contributed by atoms with Crippen LogP contribution in [0.5, 0.6) is 0 Å². The van der Waals surface area contributed by atoms with Gasteiger partial charge in [-0.25, -0.2) is 9.18 Å². The lowest BCUT2D eigenvalue weighted by Crippen LogP contribution is -2.24. The quantitative estimate of drug-likeness (QED) is 0.912. The standard InChI is InChI=1S/C15H20FNO2/c1-11-3-2-5-17(6-4-11)10-12-7-13(15(18)19)9-14(16)8-12/h7-9,11H,2-6,10H2,1H3,(H,18,19). The van der Waals surface area contributed by atoms with Crippen LogP contribution in [0, 0.1) is 11.7 Å². The van der Waals surface area contributed by atoms with E-state index < -0.39 is 11.8 Å². The average Bonchev–Trinajstić information content (AvgIpc) is 2.54. The van der Waals surface area contributed by atoms with Crippen LogP contribution >= 0.6 is 0 Å². The zero-order valence-electron chi connectivity index (χ0n) is 11.2. The number of carboxylic acid groups (broad SMARTS) is 1. The molecular formula is C15H20FNO2. The summed E-state index contributed by atoms with van der Waals surface area (Å²) in [5.74, 6) is -0.810. The van der Waals surface area contributed by atoms with Crippen molar-refractivity contribution in [2.45, 2.75) is 32.7 Å². The predicted octanol–water partition coefficient (Wildman–Crippen LogP) is 3.15. The van der Waals surface area contributed by atoms with Crippen LogP contribution in [0.15, 0.2) is 18.2 Å². The van der Waals surface area contributed by atoms with Crippen LogP contribution in [0.25, 0.3) is 0 Å². The molecule has 0 radical (unpaired) electrons. The zero-order chi connectivity index (χ0) is 13.8. The minimum Gasteiger partial charge on any atom is -0.478 e. The second-order valence-corrected chi connectivity index (χ2v) is 5.47. The Balaban J connectivity index is 2.07. The molecule has 1 aromatic rings. The third-order valence-corrected chi connectivity index (χ3v) is 3.72. The highest BCUT2D eigenvalue weighted by Crippen LogP contribution is 2.19. The Morgan fingerprint density at radius 3 is 2.89 bits per heavy atom. The normalized spacial score (nSPS) is 21.1. The SMILES string of the molecule is CC1CCCN(Cc2cc(F)cc(C(=O)O)c2)CC1. The van der Waals surface area contributed by atoms with E-state index in [1.807, 2.05) is 0 Å². The summed E-state index contributed by atoms with van der Waals surface area (Å²) < 4.78 is 13.4. The van der Waals surface area contributed by atoms with Gasteiger partial charge in [-0.2, -0.15) is 0 Å². The van der Waals surface area contributed by atoms with E-state index >= 15 is 0 Å². The number of carboxylic acids is 1. The average molecular weight is 265 g/mol. The molecule has 1 heterocycles. The van der Waals surface area contributed by atoms with Gasteiger partial charge in [0.05, 0.1) is 5.56 Å². The molecule has 0 aliphatic carbocycles. The lowest BCUT2D eigenvalue weighted by molar-refractivity contribution is 0.0696. The number of halogens is 1. The van der Waals surface area contributed by atoms with Gasteiger partial charge in [-0.3, -0.25) is 4.90 Å². The maximum atomic E-state index is 13.4. The summed E-state index contributed by atoms with van der Waals surface area (Å²) in [6.07, 6.45) is 3.55. The Labute approximate surface area is 113 Å². The van der Waals surface area contributed by atoms with Gasteiger partial charge in [0, 0.05) is 6.54 Å². The molecule has 19 heavy (non-hydrogen) atoms. The van der Waals surface area contributed by atoms with E-state index in [9.17, 15) is 9.18 Å². The second-order valence-electron chi connectivity index (χ2n) is 5.47. The van der Waals surface area contributed by atoms with Crippen molar-refractivity contribution in [3.63, 3.8) is 0 Å². The maximum absolute atomic E-state index is 13.4. The van der Waals surface area contributed by atoms with Gasteiger partial charge in [0.1, 0.15) is 5.82 Å². The molecule has 1 aliphatic rings. The minimum atomic E-state index is -1.08. The van der Waals surface area contributed by atoms with Gasteiger partial charge >= 0.3 is 5.97 Å². The number of rotatable bonds is 3. The van der Waals surface area contributed by atoms with E-state index in [-0.39, 0.29) is 5.56 Å². The molecule has 1 fully saturated rings. The summed E-state index contributed by atoms with van der Waals surface area (Å²) in [6.45, 7) is 4.89. The molecule has 0 aromatic heterocycles. The molecule has 3 nitrogen and oxygen atoms in total. The third kappa shape index (κ3) is 4.03. The van der Waals surface area contributed by atoms with Crippen molar-refractivity contribution in [2.75, 3.05) is 13.1 Å². The van der Waals surface area contributed by atoms with E-state index in [1.54, 1.807) is 6.07 Å². The Morgan fingerprint density at radius 1 is 1.37 bits per heavy atom. The molecular weight excluding hydrogens is 245 g/mol. The van der Waals surface area contributed by atoms with Crippen LogP contribution < -0.4 is 0 Å². The van der Waals surface area contributed by atoms with Gasteiger partial charge in [0.2, 0.25) is 0 Å². The van der Waals surface area contributed by atoms with E-state index in [1.165, 1.54) is 12.5 Å². The summed E-state index contributed by atoms with van der Waals surface area (Å²) in [4.78, 5) is 13.2. The molecule has 0 amide bonds. The van der Waals surface area contributed by atoms with Gasteiger partial charge in [-0.1, -0.05) is 6.92 Å². The number of likely N-dealkylation sites (tertiary alicyclic amines) is 1. The smallest absolute Gasteiger partial charge is 0.335 e. The van der Waals surface area contributed by atoms with Gasteiger partial charge in [0.25, 0.3) is 0 Å². The molecule has 104 valence electrons. The molecule has 1 N–H and O–H groups in total. The van der Waals surface area contributed by atoms with E-state index in [0.717, 1.165) is 43.5 Å². The molecule has 0 bridgehead atoms. The molecule has 0 spiro atoms. The molecule has 1 unspecified atom stereocenters. The number of carbonyl (C=O) groups is 1. The Kier molecular flexibility index (Phi) is 4.53. The first-order valence-corrected chi connectivity index (χ1v) is 6.79. The fourth-order valence-corrected chi connectivity index (χ4v) is 2.60. The van der Waals surface area contributed by atoms with Crippen LogP contribution in [0.4, 0.5) is 4.39 Å². The third-order valence-electron chi connectivity index (χ3n) is 3.72. The van der Waals surface area contributed by atoms with Crippen LogP contribution in [-0.4, -0.2) is 29.1 Å². The summed E-state index contributed by atoms with van der Waals surface area (Å²) >= 11 is 0. The van der Waals surface area contributed by atoms with Crippen molar-refractivity contribution in [1.29, 1.82) is 0 Å². The first kappa shape index (κ1) is 14.0. The van der Waals surface area contributed by atoms with Crippen molar-refractivity contribution in [3.8, 4) is 0 Å². The van der Waals surface area contributed by atoms with Gasteiger partial charge in [0.15, 0.2) is 0 Å². The predicted molar refractivity (Wildman–Crippen MR) is 71.7 cm³/mol. The van der Waals surface area contributed by atoms with Crippen LogP contribution in [0.1, 0.15) is 42.1 Å². The van der Waals surface area contributed by atoms with Crippen molar-refractivity contribution < 1.29 is 14.3 Å². The highest BCUT2D eigenvalue weighted by Gasteiger charge is 2.15. The van der Waals surface area contributed by atoms with E-state index in [2.05, 4.69) is 11.8 Å². The first-order valence-electron chi connectivity index (χ1n) is 6.79. The van der Waals surface area contributed by atoms with E-state index in [4.69, 9.17) is 5.11 Å². The summed E-state index contributed by atoms with van der Waals surface area (Å²) in [6, 6.07) is 4.07. The topological polar surface area (TPSA) is 40.5 Å². The van der Waals surface area contributed by atoms with E-state index in [0.29, 0.717) is 6.54 Å². The van der Waals surface area contributed by atoms with Crippen LogP contribution in [-0.2, 0) is 6.54 Å². The summed E-state index contributed by atoms with van der Waals surface area (Å²) in [5.41, 5.74) is 0.769. The van der Waals surface area contributed by atoms with Crippen molar-refractivity contribution in [3.05, 3.63) is 35.1 Å². The molecule has 1 aromatic carbocycles.